The van der Waals surface area contributed by atoms with Crippen LogP contribution in [0.2, 0.25) is 0 Å². The summed E-state index contributed by atoms with van der Waals surface area (Å²) in [4.78, 5) is 20.8. The molecule has 0 saturated carbocycles. The second kappa shape index (κ2) is 7.98. The van der Waals surface area contributed by atoms with E-state index in [2.05, 4.69) is 4.74 Å². The zero-order valence-corrected chi connectivity index (χ0v) is 8.40. The lowest BCUT2D eigenvalue weighted by atomic mass is 10.1. The van der Waals surface area contributed by atoms with Crippen LogP contribution in [0.1, 0.15) is 20.3 Å². The smallest absolute Gasteiger partial charge is 0.317 e. The Labute approximate surface area is 83.8 Å². The molecule has 3 nitrogen and oxygen atoms in total. The lowest BCUT2D eigenvalue weighted by molar-refractivity contribution is -0.150. The first-order chi connectivity index (χ1) is 6.74. The number of allylic oxidation sites excluding steroid dienone is 5. The standard InChI is InChI=1S/C11H14O3/c1-3-5-7-10(6-4-2)8-11(13)14-9-12/h3-7,9H,8H2,1-2H3/b5-3-,6-4?,10-7+. The number of hydrogen-bond donors (Lipinski definition) is 0. The molecule has 0 radical (unpaired) electrons. The highest BCUT2D eigenvalue weighted by Crippen LogP contribution is 2.05. The molecule has 14 heavy (non-hydrogen) atoms. The molecule has 0 amide bonds. The molecule has 0 unspecified atom stereocenters. The highest BCUT2D eigenvalue weighted by molar-refractivity contribution is 5.79. The highest BCUT2D eigenvalue weighted by Gasteiger charge is 2.03. The van der Waals surface area contributed by atoms with Crippen LogP contribution >= 0.6 is 0 Å². The van der Waals surface area contributed by atoms with E-state index in [-0.39, 0.29) is 12.9 Å². The third-order valence-electron chi connectivity index (χ3n) is 1.41. The summed E-state index contributed by atoms with van der Waals surface area (Å²) in [6, 6.07) is 0. The van der Waals surface area contributed by atoms with Crippen LogP contribution in [0.5, 0.6) is 0 Å². The monoisotopic (exact) mass is 194 g/mol. The lowest BCUT2D eigenvalue weighted by Crippen LogP contribution is -2.02. The van der Waals surface area contributed by atoms with Gasteiger partial charge in [-0.15, -0.1) is 0 Å². The fraction of sp³-hybridized carbons (Fsp3) is 0.273. The zero-order chi connectivity index (χ0) is 10.8. The Morgan fingerprint density at radius 1 is 1.29 bits per heavy atom. The SMILES string of the molecule is CC=C/C(=C\C=C/C)CC(=O)OC=O. The third kappa shape index (κ3) is 5.94. The molecule has 0 saturated heterocycles. The van der Waals surface area contributed by atoms with Gasteiger partial charge in [-0.3, -0.25) is 9.59 Å². The summed E-state index contributed by atoms with van der Waals surface area (Å²) in [5.41, 5.74) is 0.803. The lowest BCUT2D eigenvalue weighted by Gasteiger charge is -1.97. The molecule has 0 aliphatic rings. The normalized spacial score (nSPS) is 12.3. The average molecular weight is 194 g/mol. The van der Waals surface area contributed by atoms with E-state index in [0.29, 0.717) is 0 Å². The molecule has 0 aromatic carbocycles. The first kappa shape index (κ1) is 12.4. The van der Waals surface area contributed by atoms with Crippen LogP contribution in [-0.2, 0) is 14.3 Å². The fourth-order valence-electron chi connectivity index (χ4n) is 0.869. The van der Waals surface area contributed by atoms with E-state index in [1.165, 1.54) is 0 Å². The fourth-order valence-corrected chi connectivity index (χ4v) is 0.869. The summed E-state index contributed by atoms with van der Waals surface area (Å²) in [5.74, 6) is -0.547. The number of carbonyl (C=O) groups excluding carboxylic acids is 2. The molecule has 0 bridgehead atoms. The van der Waals surface area contributed by atoms with Gasteiger partial charge in [0.1, 0.15) is 0 Å². The van der Waals surface area contributed by atoms with Crippen molar-refractivity contribution in [1.82, 2.24) is 0 Å². The van der Waals surface area contributed by atoms with Crippen molar-refractivity contribution in [3.63, 3.8) is 0 Å². The number of hydrogen-bond acceptors (Lipinski definition) is 3. The van der Waals surface area contributed by atoms with Gasteiger partial charge in [0.05, 0.1) is 6.42 Å². The maximum absolute atomic E-state index is 10.9. The minimum absolute atomic E-state index is 0.105. The molecule has 76 valence electrons. The molecular weight excluding hydrogens is 180 g/mol. The summed E-state index contributed by atoms with van der Waals surface area (Å²) in [6.45, 7) is 3.88. The van der Waals surface area contributed by atoms with Crippen molar-refractivity contribution in [2.45, 2.75) is 20.3 Å². The third-order valence-corrected chi connectivity index (χ3v) is 1.41. The van der Waals surface area contributed by atoms with Crippen molar-refractivity contribution in [1.29, 1.82) is 0 Å². The number of esters is 1. The Morgan fingerprint density at radius 3 is 2.50 bits per heavy atom. The summed E-state index contributed by atoms with van der Waals surface area (Å²) in [6.07, 6.45) is 9.20. The molecule has 0 heterocycles. The summed E-state index contributed by atoms with van der Waals surface area (Å²) in [7, 11) is 0. The van der Waals surface area contributed by atoms with Crippen LogP contribution < -0.4 is 0 Å². The summed E-state index contributed by atoms with van der Waals surface area (Å²) in [5, 5.41) is 0. The van der Waals surface area contributed by atoms with E-state index in [9.17, 15) is 9.59 Å². The van der Waals surface area contributed by atoms with Crippen LogP contribution in [-0.4, -0.2) is 12.4 Å². The van der Waals surface area contributed by atoms with Gasteiger partial charge in [0.2, 0.25) is 0 Å². The first-order valence-electron chi connectivity index (χ1n) is 4.32. The van der Waals surface area contributed by atoms with Crippen LogP contribution in [0.15, 0.2) is 36.0 Å². The molecule has 0 spiro atoms. The van der Waals surface area contributed by atoms with Crippen LogP contribution in [0.25, 0.3) is 0 Å². The number of ether oxygens (including phenoxy) is 1. The molecule has 0 rings (SSSR count). The maximum atomic E-state index is 10.9. The van der Waals surface area contributed by atoms with Crippen LogP contribution in [0.4, 0.5) is 0 Å². The van der Waals surface area contributed by atoms with Crippen LogP contribution in [0.3, 0.4) is 0 Å². The Kier molecular flexibility index (Phi) is 7.05. The molecular formula is C11H14O3. The van der Waals surface area contributed by atoms with Gasteiger partial charge in [0.25, 0.3) is 0 Å². The van der Waals surface area contributed by atoms with E-state index in [1.807, 2.05) is 32.1 Å². The van der Waals surface area contributed by atoms with Gasteiger partial charge in [0.15, 0.2) is 0 Å². The Balaban J connectivity index is 4.36. The zero-order valence-electron chi connectivity index (χ0n) is 8.40. The average Bonchev–Trinajstić information content (AvgIpc) is 2.15. The van der Waals surface area contributed by atoms with E-state index >= 15 is 0 Å². The molecule has 0 aliphatic heterocycles. The van der Waals surface area contributed by atoms with Gasteiger partial charge >= 0.3 is 12.4 Å². The van der Waals surface area contributed by atoms with Crippen LogP contribution in [0, 0.1) is 0 Å². The molecule has 0 aromatic rings. The van der Waals surface area contributed by atoms with Crippen molar-refractivity contribution in [2.24, 2.45) is 0 Å². The van der Waals surface area contributed by atoms with E-state index in [0.717, 1.165) is 5.57 Å². The Bertz CT molecular complexity index is 272. The van der Waals surface area contributed by atoms with Gasteiger partial charge in [-0.2, -0.15) is 0 Å². The van der Waals surface area contributed by atoms with Gasteiger partial charge in [-0.05, 0) is 19.4 Å². The van der Waals surface area contributed by atoms with Gasteiger partial charge in [0, 0.05) is 0 Å². The molecule has 3 heteroatoms. The van der Waals surface area contributed by atoms with E-state index in [1.54, 1.807) is 12.2 Å². The maximum Gasteiger partial charge on any atom is 0.317 e. The van der Waals surface area contributed by atoms with E-state index in [4.69, 9.17) is 0 Å². The van der Waals surface area contributed by atoms with E-state index < -0.39 is 5.97 Å². The predicted molar refractivity (Wildman–Crippen MR) is 54.5 cm³/mol. The second-order valence-electron chi connectivity index (χ2n) is 2.53. The second-order valence-corrected chi connectivity index (χ2v) is 2.53. The first-order valence-corrected chi connectivity index (χ1v) is 4.32. The van der Waals surface area contributed by atoms with Crippen molar-refractivity contribution in [2.75, 3.05) is 0 Å². The molecule has 0 N–H and O–H groups in total. The molecule has 0 aliphatic carbocycles. The minimum atomic E-state index is -0.547. The van der Waals surface area contributed by atoms with Crippen molar-refractivity contribution in [3.05, 3.63) is 36.0 Å². The van der Waals surface area contributed by atoms with Gasteiger partial charge in [-0.25, -0.2) is 0 Å². The Morgan fingerprint density at radius 2 is 2.00 bits per heavy atom. The predicted octanol–water partition coefficient (Wildman–Crippen LogP) is 2.15. The number of rotatable bonds is 5. The highest BCUT2D eigenvalue weighted by atomic mass is 16.6. The molecule has 0 aromatic heterocycles. The number of carbonyl (C=O) groups is 2. The largest absolute Gasteiger partial charge is 0.395 e. The van der Waals surface area contributed by atoms with Crippen molar-refractivity contribution >= 4 is 12.4 Å². The summed E-state index contributed by atoms with van der Waals surface area (Å²) < 4.78 is 4.18. The van der Waals surface area contributed by atoms with Crippen molar-refractivity contribution < 1.29 is 14.3 Å². The Hall–Kier alpha value is -1.64. The van der Waals surface area contributed by atoms with Gasteiger partial charge < -0.3 is 4.74 Å². The topological polar surface area (TPSA) is 43.4 Å². The minimum Gasteiger partial charge on any atom is -0.395 e. The van der Waals surface area contributed by atoms with Gasteiger partial charge in [-0.1, -0.05) is 30.4 Å². The molecule has 0 atom stereocenters. The summed E-state index contributed by atoms with van der Waals surface area (Å²) >= 11 is 0. The quantitative estimate of drug-likeness (QED) is 0.291. The molecule has 0 fully saturated rings. The van der Waals surface area contributed by atoms with Crippen molar-refractivity contribution in [3.8, 4) is 0 Å².